The zero-order valence-corrected chi connectivity index (χ0v) is 18.8. The highest BCUT2D eigenvalue weighted by atomic mass is 35.5. The fourth-order valence-corrected chi connectivity index (χ4v) is 4.67. The van der Waals surface area contributed by atoms with Crippen molar-refractivity contribution in [2.45, 2.75) is 6.92 Å². The SMILES string of the molecule is COc1ccc(Cl)cc1Nc1nc(-c2sc(NC(=O)c3ccc([19F])cc3)nc2C)cs1. The highest BCUT2D eigenvalue weighted by molar-refractivity contribution is 7.20. The highest BCUT2D eigenvalue weighted by Gasteiger charge is 2.16. The number of carbonyl (C=O) groups is 1. The van der Waals surface area contributed by atoms with Crippen LogP contribution in [0.4, 0.5) is 20.3 Å². The van der Waals surface area contributed by atoms with Crippen molar-refractivity contribution in [1.29, 1.82) is 0 Å². The van der Waals surface area contributed by atoms with Gasteiger partial charge in [0.1, 0.15) is 11.6 Å². The van der Waals surface area contributed by atoms with Crippen molar-refractivity contribution < 1.29 is 13.9 Å². The topological polar surface area (TPSA) is 76.1 Å². The van der Waals surface area contributed by atoms with Crippen LogP contribution in [-0.2, 0) is 0 Å². The van der Waals surface area contributed by atoms with Crippen LogP contribution in [0.2, 0.25) is 5.02 Å². The number of thiazole rings is 2. The van der Waals surface area contributed by atoms with Crippen molar-refractivity contribution in [2.24, 2.45) is 0 Å². The molecule has 158 valence electrons. The first-order chi connectivity index (χ1) is 14.9. The van der Waals surface area contributed by atoms with Gasteiger partial charge in [-0.3, -0.25) is 10.1 Å². The molecule has 0 atom stereocenters. The first-order valence-corrected chi connectivity index (χ1v) is 11.1. The van der Waals surface area contributed by atoms with E-state index < -0.39 is 5.82 Å². The van der Waals surface area contributed by atoms with Gasteiger partial charge in [-0.15, -0.1) is 11.3 Å². The van der Waals surface area contributed by atoms with Gasteiger partial charge in [0.05, 0.1) is 29.1 Å². The predicted octanol–water partition coefficient (Wildman–Crippen LogP) is 6.37. The number of halogens is 2. The van der Waals surface area contributed by atoms with Crippen molar-refractivity contribution in [3.8, 4) is 16.3 Å². The number of hydrogen-bond donors (Lipinski definition) is 2. The van der Waals surface area contributed by atoms with E-state index in [-0.39, 0.29) is 5.91 Å². The Bertz CT molecular complexity index is 1240. The molecule has 2 aromatic carbocycles. The van der Waals surface area contributed by atoms with Crippen molar-refractivity contribution >= 4 is 56.1 Å². The Kier molecular flexibility index (Phi) is 6.17. The number of benzene rings is 2. The first-order valence-electron chi connectivity index (χ1n) is 9.04. The van der Waals surface area contributed by atoms with Crippen molar-refractivity contribution in [2.75, 3.05) is 17.7 Å². The zero-order chi connectivity index (χ0) is 22.0. The number of aromatic nitrogens is 2. The molecule has 2 aromatic heterocycles. The second kappa shape index (κ2) is 9.01. The van der Waals surface area contributed by atoms with E-state index in [4.69, 9.17) is 16.3 Å². The smallest absolute Gasteiger partial charge is 0.257 e. The molecule has 0 radical (unpaired) electrons. The molecular weight excluding hydrogens is 459 g/mol. The predicted molar refractivity (Wildman–Crippen MR) is 124 cm³/mol. The number of hydrogen-bond acceptors (Lipinski definition) is 7. The lowest BCUT2D eigenvalue weighted by Gasteiger charge is -2.09. The van der Waals surface area contributed by atoms with Gasteiger partial charge in [-0.25, -0.2) is 14.4 Å². The quantitative estimate of drug-likeness (QED) is 0.339. The maximum absolute atomic E-state index is 13.1. The third-order valence-electron chi connectivity index (χ3n) is 4.26. The van der Waals surface area contributed by atoms with Crippen LogP contribution in [0, 0.1) is 12.7 Å². The molecule has 0 aliphatic heterocycles. The van der Waals surface area contributed by atoms with Crippen LogP contribution in [0.5, 0.6) is 5.75 Å². The summed E-state index contributed by atoms with van der Waals surface area (Å²) in [4.78, 5) is 22.3. The van der Waals surface area contributed by atoms with E-state index in [1.807, 2.05) is 12.3 Å². The molecule has 6 nitrogen and oxygen atoms in total. The number of rotatable bonds is 6. The Balaban J connectivity index is 1.52. The Labute approximate surface area is 190 Å². The van der Waals surface area contributed by atoms with Crippen molar-refractivity contribution in [3.63, 3.8) is 0 Å². The van der Waals surface area contributed by atoms with E-state index in [1.165, 1.54) is 46.9 Å². The van der Waals surface area contributed by atoms with Gasteiger partial charge in [0, 0.05) is 16.0 Å². The summed E-state index contributed by atoms with van der Waals surface area (Å²) in [6.07, 6.45) is 0. The molecule has 0 saturated heterocycles. The van der Waals surface area contributed by atoms with Gasteiger partial charge in [0.2, 0.25) is 0 Å². The molecular formula is C21H16ClFN4O2S2. The fourth-order valence-electron chi connectivity index (χ4n) is 2.79. The Morgan fingerprint density at radius 2 is 1.90 bits per heavy atom. The van der Waals surface area contributed by atoms with E-state index in [0.717, 1.165) is 16.3 Å². The number of nitrogens with one attached hydrogen (secondary N) is 2. The molecule has 0 saturated carbocycles. The van der Waals surface area contributed by atoms with Gasteiger partial charge >= 0.3 is 0 Å². The minimum Gasteiger partial charge on any atom is -0.495 e. The molecule has 2 N–H and O–H groups in total. The zero-order valence-electron chi connectivity index (χ0n) is 16.4. The normalized spacial score (nSPS) is 10.7. The van der Waals surface area contributed by atoms with Crippen LogP contribution in [0.15, 0.2) is 47.8 Å². The molecule has 0 aliphatic rings. The van der Waals surface area contributed by atoms with E-state index in [9.17, 15) is 9.18 Å². The number of amides is 1. The second-order valence-electron chi connectivity index (χ2n) is 6.40. The van der Waals surface area contributed by atoms with Crippen LogP contribution in [-0.4, -0.2) is 23.0 Å². The summed E-state index contributed by atoms with van der Waals surface area (Å²) in [7, 11) is 1.59. The molecule has 10 heteroatoms. The van der Waals surface area contributed by atoms with Crippen LogP contribution < -0.4 is 15.4 Å². The van der Waals surface area contributed by atoms with Crippen molar-refractivity contribution in [3.05, 3.63) is 69.9 Å². The van der Waals surface area contributed by atoms with E-state index in [1.54, 1.807) is 25.3 Å². The number of nitrogens with zero attached hydrogens (tertiary/aromatic N) is 2. The summed E-state index contributed by atoms with van der Waals surface area (Å²) in [6.45, 7) is 1.85. The maximum Gasteiger partial charge on any atom is 0.257 e. The van der Waals surface area contributed by atoms with Gasteiger partial charge in [0.15, 0.2) is 10.3 Å². The Morgan fingerprint density at radius 1 is 1.13 bits per heavy atom. The second-order valence-corrected chi connectivity index (χ2v) is 8.70. The van der Waals surface area contributed by atoms with Gasteiger partial charge in [0.25, 0.3) is 5.91 Å². The lowest BCUT2D eigenvalue weighted by Crippen LogP contribution is -2.11. The molecule has 1 amide bonds. The third-order valence-corrected chi connectivity index (χ3v) is 6.35. The maximum atomic E-state index is 13.1. The van der Waals surface area contributed by atoms with Crippen LogP contribution >= 0.6 is 34.3 Å². The highest BCUT2D eigenvalue weighted by Crippen LogP contribution is 2.37. The summed E-state index contributed by atoms with van der Waals surface area (Å²) in [5.74, 6) is -0.0952. The molecule has 0 unspecified atom stereocenters. The average molecular weight is 475 g/mol. The number of aryl methyl sites for hydroxylation is 1. The number of carbonyl (C=O) groups excluding carboxylic acids is 1. The minimum atomic E-state index is -0.396. The minimum absolute atomic E-state index is 0.353. The van der Waals surface area contributed by atoms with E-state index in [0.29, 0.717) is 32.3 Å². The van der Waals surface area contributed by atoms with Gasteiger partial charge in [-0.05, 0) is 49.4 Å². The monoisotopic (exact) mass is 474 g/mol. The Morgan fingerprint density at radius 3 is 2.65 bits per heavy atom. The summed E-state index contributed by atoms with van der Waals surface area (Å²) in [5, 5.41) is 9.58. The standard InChI is InChI=1S/C21H16ClFN4O2S2/c1-11-18(31-21(24-11)27-19(28)12-3-6-14(23)7-4-12)16-10-30-20(26-16)25-15-9-13(22)5-8-17(15)29-2/h3-10H,1-2H3,(H,25,26)(H,24,27,28)/i23+0. The molecule has 0 spiro atoms. The molecule has 31 heavy (non-hydrogen) atoms. The third kappa shape index (κ3) is 4.84. The molecule has 4 rings (SSSR count). The molecule has 2 heterocycles. The van der Waals surface area contributed by atoms with Gasteiger partial charge < -0.3 is 10.1 Å². The summed E-state index contributed by atoms with van der Waals surface area (Å²) in [5.41, 5.74) is 2.55. The largest absolute Gasteiger partial charge is 0.495 e. The van der Waals surface area contributed by atoms with Gasteiger partial charge in [-0.1, -0.05) is 22.9 Å². The summed E-state index contributed by atoms with van der Waals surface area (Å²) >= 11 is 8.84. The number of ether oxygens (including phenoxy) is 1. The fraction of sp³-hybridized carbons (Fsp3) is 0.0952. The van der Waals surface area contributed by atoms with Crippen LogP contribution in [0.3, 0.4) is 0 Å². The number of methoxy groups -OCH3 is 1. The first kappa shape index (κ1) is 21.2. The van der Waals surface area contributed by atoms with Crippen molar-refractivity contribution in [1.82, 2.24) is 9.97 Å². The molecule has 0 fully saturated rings. The summed E-state index contributed by atoms with van der Waals surface area (Å²) in [6, 6.07) is 10.6. The average Bonchev–Trinajstić information content (AvgIpc) is 3.34. The van der Waals surface area contributed by atoms with Crippen LogP contribution in [0.25, 0.3) is 10.6 Å². The Hall–Kier alpha value is -3.01. The lowest BCUT2D eigenvalue weighted by molar-refractivity contribution is 0.102. The lowest BCUT2D eigenvalue weighted by atomic mass is 10.2. The van der Waals surface area contributed by atoms with Crippen LogP contribution in [0.1, 0.15) is 16.1 Å². The van der Waals surface area contributed by atoms with E-state index >= 15 is 0 Å². The molecule has 0 aliphatic carbocycles. The van der Waals surface area contributed by atoms with E-state index in [2.05, 4.69) is 20.6 Å². The molecule has 4 aromatic rings. The number of anilines is 3. The van der Waals surface area contributed by atoms with Gasteiger partial charge in [-0.2, -0.15) is 0 Å². The summed E-state index contributed by atoms with van der Waals surface area (Å²) < 4.78 is 18.4. The molecule has 0 bridgehead atoms.